The van der Waals surface area contributed by atoms with Crippen LogP contribution >= 0.6 is 0 Å². The number of aromatic nitrogens is 2. The third kappa shape index (κ3) is 3.46. The van der Waals surface area contributed by atoms with E-state index in [4.69, 9.17) is 0 Å². The van der Waals surface area contributed by atoms with Gasteiger partial charge in [0, 0.05) is 31.9 Å². The second-order valence-electron chi connectivity index (χ2n) is 7.99. The quantitative estimate of drug-likeness (QED) is 0.767. The maximum atomic E-state index is 13.1. The first-order valence-electron chi connectivity index (χ1n) is 10.4. The van der Waals surface area contributed by atoms with Crippen molar-refractivity contribution >= 4 is 17.8 Å². The van der Waals surface area contributed by atoms with Crippen LogP contribution in [0.15, 0.2) is 42.7 Å². The number of piperidine rings is 1. The van der Waals surface area contributed by atoms with Gasteiger partial charge in [0.25, 0.3) is 5.91 Å². The predicted molar refractivity (Wildman–Crippen MR) is 110 cm³/mol. The molecule has 1 N–H and O–H groups in total. The van der Waals surface area contributed by atoms with E-state index in [9.17, 15) is 14.4 Å². The lowest BCUT2D eigenvalue weighted by molar-refractivity contribution is -0.140. The van der Waals surface area contributed by atoms with Crippen LogP contribution in [0, 0.1) is 0 Å². The number of urea groups is 1. The minimum absolute atomic E-state index is 0.00969. The van der Waals surface area contributed by atoms with Crippen LogP contribution in [0.5, 0.6) is 0 Å². The van der Waals surface area contributed by atoms with Crippen molar-refractivity contribution in [2.45, 2.75) is 51.2 Å². The van der Waals surface area contributed by atoms with Crippen molar-refractivity contribution in [1.29, 1.82) is 0 Å². The van der Waals surface area contributed by atoms with Gasteiger partial charge in [0.15, 0.2) is 0 Å². The van der Waals surface area contributed by atoms with Crippen molar-refractivity contribution in [3.05, 3.63) is 54.1 Å². The first kappa shape index (κ1) is 20.1. The molecule has 1 spiro atoms. The van der Waals surface area contributed by atoms with E-state index in [0.29, 0.717) is 25.9 Å². The maximum absolute atomic E-state index is 13.1. The predicted octanol–water partition coefficient (Wildman–Crippen LogP) is 2.12. The molecule has 4 rings (SSSR count). The van der Waals surface area contributed by atoms with Gasteiger partial charge in [-0.05, 0) is 25.3 Å². The third-order valence-corrected chi connectivity index (χ3v) is 6.20. The smallest absolute Gasteiger partial charge is 0.325 e. The molecule has 8 nitrogen and oxygen atoms in total. The summed E-state index contributed by atoms with van der Waals surface area (Å²) in [5.74, 6) is 0.689. The number of imidazole rings is 1. The molecule has 1 atom stereocenters. The molecule has 1 aromatic heterocycles. The van der Waals surface area contributed by atoms with Gasteiger partial charge in [0.05, 0.1) is 6.54 Å². The second kappa shape index (κ2) is 7.93. The average Bonchev–Trinajstić information content (AvgIpc) is 3.33. The number of hydrogen-bond donors (Lipinski definition) is 1. The molecule has 3 heterocycles. The van der Waals surface area contributed by atoms with E-state index in [1.807, 2.05) is 54.9 Å². The number of benzene rings is 1. The van der Waals surface area contributed by atoms with Crippen LogP contribution in [0.1, 0.15) is 44.1 Å². The molecule has 0 aliphatic carbocycles. The summed E-state index contributed by atoms with van der Waals surface area (Å²) in [6.07, 6.45) is 5.14. The fourth-order valence-electron chi connectivity index (χ4n) is 4.39. The van der Waals surface area contributed by atoms with Crippen LogP contribution in [0.4, 0.5) is 4.79 Å². The van der Waals surface area contributed by atoms with Gasteiger partial charge in [0.1, 0.15) is 17.4 Å². The van der Waals surface area contributed by atoms with Gasteiger partial charge in [0.2, 0.25) is 5.91 Å². The third-order valence-electron chi connectivity index (χ3n) is 6.20. The van der Waals surface area contributed by atoms with Crippen LogP contribution in [0.25, 0.3) is 0 Å². The minimum atomic E-state index is -0.907. The highest BCUT2D eigenvalue weighted by atomic mass is 16.2. The van der Waals surface area contributed by atoms with Crippen molar-refractivity contribution < 1.29 is 14.4 Å². The van der Waals surface area contributed by atoms with Gasteiger partial charge >= 0.3 is 6.03 Å². The highest BCUT2D eigenvalue weighted by Gasteiger charge is 2.52. The Morgan fingerprint density at radius 3 is 2.57 bits per heavy atom. The SMILES string of the molecule is CCc1nccn1[C@@H](C)C(=O)N1CCC2(CC1)NC(=O)N(Cc1ccccc1)C2=O. The van der Waals surface area contributed by atoms with Crippen molar-refractivity contribution in [2.75, 3.05) is 13.1 Å². The van der Waals surface area contributed by atoms with Crippen LogP contribution in [0.3, 0.4) is 0 Å². The number of aryl methyl sites for hydroxylation is 1. The molecular formula is C22H27N5O3. The van der Waals surface area contributed by atoms with E-state index >= 15 is 0 Å². The molecular weight excluding hydrogens is 382 g/mol. The number of hydrogen-bond acceptors (Lipinski definition) is 4. The normalized spacial score (nSPS) is 19.3. The first-order chi connectivity index (χ1) is 14.4. The summed E-state index contributed by atoms with van der Waals surface area (Å²) < 4.78 is 1.90. The van der Waals surface area contributed by atoms with Crippen molar-refractivity contribution in [3.8, 4) is 0 Å². The molecule has 2 saturated heterocycles. The van der Waals surface area contributed by atoms with E-state index in [1.54, 1.807) is 11.1 Å². The Morgan fingerprint density at radius 2 is 1.90 bits per heavy atom. The standard InChI is InChI=1S/C22H27N5O3/c1-3-18-23-11-14-26(18)16(2)19(28)25-12-9-22(10-13-25)20(29)27(21(30)24-22)15-17-7-5-4-6-8-17/h4-8,11,14,16H,3,9-10,12-13,15H2,1-2H3,(H,24,30)/t16-/m0/s1. The van der Waals surface area contributed by atoms with Crippen molar-refractivity contribution in [1.82, 2.24) is 24.7 Å². The Balaban J connectivity index is 1.41. The molecule has 2 aromatic rings. The Labute approximate surface area is 175 Å². The lowest BCUT2D eigenvalue weighted by Crippen LogP contribution is -2.56. The molecule has 8 heteroatoms. The van der Waals surface area contributed by atoms with Gasteiger partial charge in [-0.25, -0.2) is 9.78 Å². The Morgan fingerprint density at radius 1 is 1.20 bits per heavy atom. The summed E-state index contributed by atoms with van der Waals surface area (Å²) >= 11 is 0. The number of carbonyl (C=O) groups is 3. The molecule has 0 saturated carbocycles. The van der Waals surface area contributed by atoms with Gasteiger partial charge in [-0.1, -0.05) is 37.3 Å². The summed E-state index contributed by atoms with van der Waals surface area (Å²) in [6.45, 7) is 5.01. The zero-order chi connectivity index (χ0) is 21.3. The number of imide groups is 1. The Hall–Kier alpha value is -3.16. The molecule has 2 fully saturated rings. The summed E-state index contributed by atoms with van der Waals surface area (Å²) in [5, 5.41) is 2.91. The molecule has 30 heavy (non-hydrogen) atoms. The topological polar surface area (TPSA) is 87.5 Å². The summed E-state index contributed by atoms with van der Waals surface area (Å²) in [5.41, 5.74) is 0.00157. The molecule has 4 amide bonds. The molecule has 0 radical (unpaired) electrons. The van der Waals surface area contributed by atoms with E-state index in [0.717, 1.165) is 17.8 Å². The zero-order valence-electron chi connectivity index (χ0n) is 17.4. The summed E-state index contributed by atoms with van der Waals surface area (Å²) in [4.78, 5) is 46.0. The maximum Gasteiger partial charge on any atom is 0.325 e. The highest BCUT2D eigenvalue weighted by Crippen LogP contribution is 2.31. The molecule has 0 bridgehead atoms. The lowest BCUT2D eigenvalue weighted by atomic mass is 9.87. The summed E-state index contributed by atoms with van der Waals surface area (Å²) in [7, 11) is 0. The van der Waals surface area contributed by atoms with E-state index in [-0.39, 0.29) is 30.4 Å². The van der Waals surface area contributed by atoms with Crippen molar-refractivity contribution in [3.63, 3.8) is 0 Å². The highest BCUT2D eigenvalue weighted by molar-refractivity contribution is 6.07. The van der Waals surface area contributed by atoms with Crippen LogP contribution < -0.4 is 5.32 Å². The molecule has 1 aromatic carbocycles. The number of nitrogens with zero attached hydrogens (tertiary/aromatic N) is 4. The zero-order valence-corrected chi connectivity index (χ0v) is 17.4. The van der Waals surface area contributed by atoms with E-state index in [2.05, 4.69) is 10.3 Å². The number of rotatable bonds is 5. The van der Waals surface area contributed by atoms with Gasteiger partial charge in [-0.3, -0.25) is 14.5 Å². The molecule has 0 unspecified atom stereocenters. The lowest BCUT2D eigenvalue weighted by Gasteiger charge is -2.38. The van der Waals surface area contributed by atoms with E-state index < -0.39 is 5.54 Å². The monoisotopic (exact) mass is 409 g/mol. The number of amides is 4. The average molecular weight is 409 g/mol. The summed E-state index contributed by atoms with van der Waals surface area (Å²) in [6, 6.07) is 8.77. The van der Waals surface area contributed by atoms with E-state index in [1.165, 1.54) is 4.90 Å². The first-order valence-corrected chi connectivity index (χ1v) is 10.4. The Kier molecular flexibility index (Phi) is 5.32. The number of nitrogens with one attached hydrogen (secondary N) is 1. The fourth-order valence-corrected chi connectivity index (χ4v) is 4.39. The van der Waals surface area contributed by atoms with Crippen LogP contribution in [-0.4, -0.2) is 55.8 Å². The molecule has 2 aliphatic rings. The largest absolute Gasteiger partial charge is 0.341 e. The number of likely N-dealkylation sites (tertiary alicyclic amines) is 1. The number of carbonyl (C=O) groups excluding carboxylic acids is 3. The van der Waals surface area contributed by atoms with Gasteiger partial charge < -0.3 is 14.8 Å². The second-order valence-corrected chi connectivity index (χ2v) is 7.99. The van der Waals surface area contributed by atoms with Crippen LogP contribution in [-0.2, 0) is 22.6 Å². The Bertz CT molecular complexity index is 947. The van der Waals surface area contributed by atoms with Gasteiger partial charge in [-0.15, -0.1) is 0 Å². The minimum Gasteiger partial charge on any atom is -0.341 e. The van der Waals surface area contributed by atoms with Crippen molar-refractivity contribution in [2.24, 2.45) is 0 Å². The fraction of sp³-hybridized carbons (Fsp3) is 0.455. The van der Waals surface area contributed by atoms with Gasteiger partial charge in [-0.2, -0.15) is 0 Å². The van der Waals surface area contributed by atoms with Crippen LogP contribution in [0.2, 0.25) is 0 Å². The molecule has 158 valence electrons. The molecule has 2 aliphatic heterocycles.